The molecule has 2 unspecified atom stereocenters. The van der Waals surface area contributed by atoms with Gasteiger partial charge in [-0.2, -0.15) is 0 Å². The number of hydrazine groups is 1. The van der Waals surface area contributed by atoms with Gasteiger partial charge in [0, 0.05) is 31.3 Å². The minimum Gasteiger partial charge on any atom is -0.462 e. The number of ether oxygens (including phenoxy) is 2. The Hall–Kier alpha value is -2.14. The largest absolute Gasteiger partial charge is 0.462 e. The molecule has 0 bridgehead atoms. The van der Waals surface area contributed by atoms with Crippen LogP contribution in [-0.2, 0) is 19.1 Å². The van der Waals surface area contributed by atoms with Crippen LogP contribution >= 0.6 is 0 Å². The van der Waals surface area contributed by atoms with Crippen molar-refractivity contribution in [3.05, 3.63) is 23.5 Å². The summed E-state index contributed by atoms with van der Waals surface area (Å²) >= 11 is 0. The molecule has 0 aromatic heterocycles. The molecule has 0 saturated heterocycles. The van der Waals surface area contributed by atoms with Gasteiger partial charge in [0.15, 0.2) is 0 Å². The first-order valence-corrected chi connectivity index (χ1v) is 33.3. The van der Waals surface area contributed by atoms with Crippen LogP contribution in [0.2, 0.25) is 0 Å². The summed E-state index contributed by atoms with van der Waals surface area (Å²) in [5.74, 6) is 6.34. The van der Waals surface area contributed by atoms with Crippen molar-refractivity contribution in [2.45, 2.75) is 360 Å². The van der Waals surface area contributed by atoms with Gasteiger partial charge in [-0.1, -0.05) is 206 Å². The SMILES string of the molecule is CCCCCCCCC(CCCCCCCC)OC(=O)CCCCCCCN(CCCCCCCC(=O)OC(CCCCCCCC)CCCCCCCC)CCCC/C(N)=C/N(N)CCCCC1=CC(O)C(O)CC1. The van der Waals surface area contributed by atoms with E-state index in [0.717, 1.165) is 141 Å². The van der Waals surface area contributed by atoms with Gasteiger partial charge < -0.3 is 35.3 Å². The number of esters is 2. The highest BCUT2D eigenvalue weighted by Crippen LogP contribution is 2.24. The Morgan fingerprint density at radius 2 is 0.842 bits per heavy atom. The second-order valence-electron chi connectivity index (χ2n) is 23.6. The molecule has 0 spiro atoms. The Bertz CT molecular complexity index is 1270. The molecule has 0 aromatic rings. The molecule has 10 heteroatoms. The highest BCUT2D eigenvalue weighted by Gasteiger charge is 2.20. The molecule has 0 aromatic carbocycles. The fourth-order valence-electron chi connectivity index (χ4n) is 11.0. The molecule has 0 aliphatic heterocycles. The van der Waals surface area contributed by atoms with Gasteiger partial charge in [0.2, 0.25) is 0 Å². The van der Waals surface area contributed by atoms with Crippen LogP contribution in [0, 0.1) is 0 Å². The summed E-state index contributed by atoms with van der Waals surface area (Å²) in [4.78, 5) is 28.7. The molecule has 1 aliphatic rings. The second-order valence-corrected chi connectivity index (χ2v) is 23.6. The van der Waals surface area contributed by atoms with Crippen molar-refractivity contribution >= 4 is 11.9 Å². The zero-order chi connectivity index (χ0) is 55.4. The summed E-state index contributed by atoms with van der Waals surface area (Å²) in [7, 11) is 0. The third kappa shape index (κ3) is 45.7. The van der Waals surface area contributed by atoms with E-state index in [0.29, 0.717) is 19.3 Å². The zero-order valence-corrected chi connectivity index (χ0v) is 50.8. The molecule has 448 valence electrons. The monoisotopic (exact) mass is 1070 g/mol. The van der Waals surface area contributed by atoms with E-state index in [2.05, 4.69) is 32.6 Å². The van der Waals surface area contributed by atoms with Crippen molar-refractivity contribution in [3.63, 3.8) is 0 Å². The number of allylic oxidation sites excluding steroid dienone is 2. The molecule has 76 heavy (non-hydrogen) atoms. The van der Waals surface area contributed by atoms with Gasteiger partial charge in [-0.05, 0) is 148 Å². The third-order valence-corrected chi connectivity index (χ3v) is 16.1. The average Bonchev–Trinajstić information content (AvgIpc) is 3.40. The van der Waals surface area contributed by atoms with Crippen LogP contribution < -0.4 is 11.6 Å². The van der Waals surface area contributed by atoms with E-state index >= 15 is 0 Å². The Morgan fingerprint density at radius 1 is 0.500 bits per heavy atom. The Kier molecular flexibility index (Phi) is 50.6. The van der Waals surface area contributed by atoms with E-state index < -0.39 is 12.2 Å². The molecule has 10 nitrogen and oxygen atoms in total. The lowest BCUT2D eigenvalue weighted by molar-refractivity contribution is -0.151. The first-order valence-electron chi connectivity index (χ1n) is 33.3. The molecule has 1 rings (SSSR count). The van der Waals surface area contributed by atoms with Gasteiger partial charge in [0.25, 0.3) is 0 Å². The summed E-state index contributed by atoms with van der Waals surface area (Å²) in [6.45, 7) is 13.1. The predicted molar refractivity (Wildman–Crippen MR) is 324 cm³/mol. The van der Waals surface area contributed by atoms with Gasteiger partial charge in [-0.25, -0.2) is 5.84 Å². The molecule has 0 fully saturated rings. The minimum absolute atomic E-state index is 0.0157. The molecular weight excluding hydrogens is 945 g/mol. The summed E-state index contributed by atoms with van der Waals surface area (Å²) in [5, 5.41) is 21.5. The summed E-state index contributed by atoms with van der Waals surface area (Å²) in [6, 6.07) is 0. The number of carbonyl (C=O) groups excluding carboxylic acids is 2. The molecule has 6 N–H and O–H groups in total. The first-order chi connectivity index (χ1) is 37.1. The molecule has 2 atom stereocenters. The van der Waals surface area contributed by atoms with Gasteiger partial charge in [-0.15, -0.1) is 0 Å². The number of rotatable bonds is 57. The number of aliphatic hydroxyl groups excluding tert-OH is 2. The third-order valence-electron chi connectivity index (χ3n) is 16.1. The number of hydrogen-bond donors (Lipinski definition) is 4. The van der Waals surface area contributed by atoms with Crippen molar-refractivity contribution in [1.82, 2.24) is 9.91 Å². The van der Waals surface area contributed by atoms with Crippen LogP contribution in [0.1, 0.15) is 336 Å². The molecule has 0 saturated carbocycles. The number of hydrogen-bond acceptors (Lipinski definition) is 10. The number of carbonyl (C=O) groups is 2. The van der Waals surface area contributed by atoms with E-state index in [1.165, 1.54) is 185 Å². The fraction of sp³-hybridized carbons (Fsp3) is 0.909. The average molecular weight is 1070 g/mol. The molecular formula is C66H128N4O6. The number of aliphatic hydroxyl groups is 2. The van der Waals surface area contributed by atoms with Crippen LogP contribution in [0.15, 0.2) is 23.5 Å². The van der Waals surface area contributed by atoms with Gasteiger partial charge >= 0.3 is 11.9 Å². The maximum atomic E-state index is 13.0. The van der Waals surface area contributed by atoms with E-state index in [1.807, 2.05) is 12.3 Å². The van der Waals surface area contributed by atoms with E-state index in [1.54, 1.807) is 5.01 Å². The zero-order valence-electron chi connectivity index (χ0n) is 50.8. The Labute approximate surface area is 470 Å². The van der Waals surface area contributed by atoms with E-state index in [-0.39, 0.29) is 24.1 Å². The number of nitrogens with two attached hydrogens (primary N) is 2. The lowest BCUT2D eigenvalue weighted by Crippen LogP contribution is -2.28. The Morgan fingerprint density at radius 3 is 1.25 bits per heavy atom. The van der Waals surface area contributed by atoms with Crippen molar-refractivity contribution in [2.24, 2.45) is 11.6 Å². The van der Waals surface area contributed by atoms with Crippen LogP contribution in [0.5, 0.6) is 0 Å². The van der Waals surface area contributed by atoms with E-state index in [4.69, 9.17) is 21.1 Å². The molecule has 1 aliphatic carbocycles. The highest BCUT2D eigenvalue weighted by atomic mass is 16.5. The van der Waals surface area contributed by atoms with Crippen molar-refractivity contribution in [1.29, 1.82) is 0 Å². The maximum Gasteiger partial charge on any atom is 0.306 e. The number of nitrogens with zero attached hydrogens (tertiary/aromatic N) is 2. The maximum absolute atomic E-state index is 13.0. The molecule has 0 amide bonds. The summed E-state index contributed by atoms with van der Waals surface area (Å²) < 4.78 is 12.3. The first kappa shape index (κ1) is 71.9. The van der Waals surface area contributed by atoms with Gasteiger partial charge in [0.05, 0.1) is 12.2 Å². The van der Waals surface area contributed by atoms with E-state index in [9.17, 15) is 19.8 Å². The van der Waals surface area contributed by atoms with Gasteiger partial charge in [0.1, 0.15) is 12.2 Å². The quantitative estimate of drug-likeness (QED) is 0.0152. The van der Waals surface area contributed by atoms with Crippen LogP contribution in [0.3, 0.4) is 0 Å². The van der Waals surface area contributed by atoms with Crippen LogP contribution in [0.4, 0.5) is 0 Å². The van der Waals surface area contributed by atoms with Crippen LogP contribution in [0.25, 0.3) is 0 Å². The molecule has 0 radical (unpaired) electrons. The van der Waals surface area contributed by atoms with Crippen molar-refractivity contribution in [3.8, 4) is 0 Å². The van der Waals surface area contributed by atoms with Crippen LogP contribution in [-0.4, -0.2) is 82.7 Å². The lowest BCUT2D eigenvalue weighted by atomic mass is 9.92. The smallest absolute Gasteiger partial charge is 0.306 e. The second kappa shape index (κ2) is 53.5. The van der Waals surface area contributed by atoms with Gasteiger partial charge in [-0.3, -0.25) is 9.59 Å². The lowest BCUT2D eigenvalue weighted by Gasteiger charge is -2.23. The predicted octanol–water partition coefficient (Wildman–Crippen LogP) is 17.6. The fourth-order valence-corrected chi connectivity index (χ4v) is 11.0. The van der Waals surface area contributed by atoms with Crippen molar-refractivity contribution < 1.29 is 29.3 Å². The summed E-state index contributed by atoms with van der Waals surface area (Å²) in [6.07, 6.45) is 56.7. The normalized spacial score (nSPS) is 15.1. The number of unbranched alkanes of at least 4 members (excludes halogenated alkanes) is 30. The standard InChI is InChI=1S/C66H128N4O6/c1-5-9-13-17-23-31-45-61(46-32-24-18-14-10-6-2)75-65(73)49-35-27-21-29-39-53-69(55-41-38-44-60(67)58-70(68)56-42-37-43-59-51-52-63(71)64(72)57-59)54-40-30-22-28-36-50-66(74)76-62(47-33-25-19-15-11-7-3)48-34-26-20-16-12-8-4/h57-58,61-64,71-72H,5-56,67-68H2,1-4H3/b60-58-. The topological polar surface area (TPSA) is 152 Å². The summed E-state index contributed by atoms with van der Waals surface area (Å²) in [5.41, 5.74) is 8.52. The van der Waals surface area contributed by atoms with Crippen molar-refractivity contribution in [2.75, 3.05) is 26.2 Å². The highest BCUT2D eigenvalue weighted by molar-refractivity contribution is 5.69. The molecule has 0 heterocycles. The minimum atomic E-state index is -0.737. The Balaban J connectivity index is 2.58.